The van der Waals surface area contributed by atoms with Gasteiger partial charge >= 0.3 is 0 Å². The highest BCUT2D eigenvalue weighted by Crippen LogP contribution is 2.35. The van der Waals surface area contributed by atoms with Crippen LogP contribution in [-0.2, 0) is 0 Å². The van der Waals surface area contributed by atoms with Crippen molar-refractivity contribution in [2.45, 2.75) is 33.6 Å². The van der Waals surface area contributed by atoms with E-state index in [0.717, 1.165) is 37.5 Å². The van der Waals surface area contributed by atoms with E-state index in [1.807, 2.05) is 12.1 Å². The first-order valence-corrected chi connectivity index (χ1v) is 6.86. The Balaban J connectivity index is 2.06. The summed E-state index contributed by atoms with van der Waals surface area (Å²) in [6.45, 7) is 8.79. The predicted molar refractivity (Wildman–Crippen MR) is 75.5 cm³/mol. The molecule has 102 valence electrons. The minimum Gasteiger partial charge on any atom is -0.371 e. The van der Waals surface area contributed by atoms with Crippen molar-refractivity contribution in [2.24, 2.45) is 11.3 Å². The molecule has 0 atom stereocenters. The second-order valence-corrected chi connectivity index (χ2v) is 6.40. The minimum absolute atomic E-state index is 0.119. The van der Waals surface area contributed by atoms with E-state index in [0.29, 0.717) is 5.41 Å². The van der Waals surface area contributed by atoms with Crippen LogP contribution in [0.5, 0.6) is 0 Å². The molecule has 1 heterocycles. The SMILES string of the molecule is CC(C)(C)C1CCN(c2ccc(C#N)c(F)c2)CC1. The summed E-state index contributed by atoms with van der Waals surface area (Å²) in [4.78, 5) is 2.21. The van der Waals surface area contributed by atoms with Crippen LogP contribution in [0.4, 0.5) is 10.1 Å². The van der Waals surface area contributed by atoms with Crippen molar-refractivity contribution < 1.29 is 4.39 Å². The van der Waals surface area contributed by atoms with Gasteiger partial charge in [0.05, 0.1) is 5.56 Å². The Morgan fingerprint density at radius 3 is 2.37 bits per heavy atom. The first-order valence-electron chi connectivity index (χ1n) is 6.86. The van der Waals surface area contributed by atoms with Crippen LogP contribution < -0.4 is 4.90 Å². The fourth-order valence-electron chi connectivity index (χ4n) is 2.80. The third-order valence-corrected chi connectivity index (χ3v) is 4.16. The highest BCUT2D eigenvalue weighted by atomic mass is 19.1. The van der Waals surface area contributed by atoms with Crippen molar-refractivity contribution in [2.75, 3.05) is 18.0 Å². The monoisotopic (exact) mass is 260 g/mol. The highest BCUT2D eigenvalue weighted by molar-refractivity contribution is 5.50. The van der Waals surface area contributed by atoms with Crippen molar-refractivity contribution in [3.05, 3.63) is 29.6 Å². The van der Waals surface area contributed by atoms with Gasteiger partial charge in [0.15, 0.2) is 0 Å². The molecule has 1 aromatic rings. The van der Waals surface area contributed by atoms with Crippen LogP contribution in [0.3, 0.4) is 0 Å². The molecule has 0 bridgehead atoms. The Labute approximate surface area is 114 Å². The third kappa shape index (κ3) is 3.07. The molecule has 19 heavy (non-hydrogen) atoms. The second-order valence-electron chi connectivity index (χ2n) is 6.40. The van der Waals surface area contributed by atoms with E-state index in [4.69, 9.17) is 5.26 Å². The van der Waals surface area contributed by atoms with Gasteiger partial charge in [-0.1, -0.05) is 20.8 Å². The normalized spacial score (nSPS) is 17.3. The summed E-state index contributed by atoms with van der Waals surface area (Å²) in [5.41, 5.74) is 1.36. The number of nitrogens with zero attached hydrogens (tertiary/aromatic N) is 2. The number of rotatable bonds is 1. The van der Waals surface area contributed by atoms with Crippen LogP contribution in [0.1, 0.15) is 39.2 Å². The average Bonchev–Trinajstić information content (AvgIpc) is 2.38. The van der Waals surface area contributed by atoms with E-state index in [1.165, 1.54) is 6.07 Å². The summed E-state index contributed by atoms with van der Waals surface area (Å²) in [5.74, 6) is 0.310. The second kappa shape index (κ2) is 5.21. The maximum Gasteiger partial charge on any atom is 0.143 e. The van der Waals surface area contributed by atoms with E-state index in [-0.39, 0.29) is 5.56 Å². The predicted octanol–water partition coefficient (Wildman–Crippen LogP) is 3.96. The molecule has 2 nitrogen and oxygen atoms in total. The Morgan fingerprint density at radius 1 is 1.26 bits per heavy atom. The van der Waals surface area contributed by atoms with Crippen molar-refractivity contribution in [3.8, 4) is 6.07 Å². The number of hydrogen-bond acceptors (Lipinski definition) is 2. The van der Waals surface area contributed by atoms with Crippen LogP contribution in [0.25, 0.3) is 0 Å². The quantitative estimate of drug-likeness (QED) is 0.764. The van der Waals surface area contributed by atoms with Gasteiger partial charge in [-0.15, -0.1) is 0 Å². The summed E-state index contributed by atoms with van der Waals surface area (Å²) in [6.07, 6.45) is 2.29. The molecule has 0 N–H and O–H groups in total. The molecule has 3 heteroatoms. The molecule has 1 aromatic carbocycles. The van der Waals surface area contributed by atoms with Crippen LogP contribution in [-0.4, -0.2) is 13.1 Å². The Bertz CT molecular complexity index is 488. The lowest BCUT2D eigenvalue weighted by Gasteiger charge is -2.39. The van der Waals surface area contributed by atoms with Gasteiger partial charge < -0.3 is 4.90 Å². The van der Waals surface area contributed by atoms with Gasteiger partial charge in [0.25, 0.3) is 0 Å². The molecular weight excluding hydrogens is 239 g/mol. The Morgan fingerprint density at radius 2 is 1.89 bits per heavy atom. The number of halogens is 1. The molecule has 0 radical (unpaired) electrons. The third-order valence-electron chi connectivity index (χ3n) is 4.16. The number of benzene rings is 1. The van der Waals surface area contributed by atoms with E-state index < -0.39 is 5.82 Å². The molecule has 0 aliphatic carbocycles. The molecule has 1 saturated heterocycles. The molecule has 0 unspecified atom stereocenters. The number of piperidine rings is 1. The zero-order valence-corrected chi connectivity index (χ0v) is 11.9. The first-order chi connectivity index (χ1) is 8.91. The molecule has 0 amide bonds. The molecule has 0 aromatic heterocycles. The topological polar surface area (TPSA) is 27.0 Å². The van der Waals surface area contributed by atoms with E-state index in [9.17, 15) is 4.39 Å². The summed E-state index contributed by atoms with van der Waals surface area (Å²) in [7, 11) is 0. The Kier molecular flexibility index (Phi) is 3.80. The van der Waals surface area contributed by atoms with Crippen LogP contribution in [0.15, 0.2) is 18.2 Å². The maximum atomic E-state index is 13.6. The summed E-state index contributed by atoms with van der Waals surface area (Å²) >= 11 is 0. The number of hydrogen-bond donors (Lipinski definition) is 0. The smallest absolute Gasteiger partial charge is 0.143 e. The lowest BCUT2D eigenvalue weighted by Crippen LogP contribution is -2.38. The van der Waals surface area contributed by atoms with E-state index in [1.54, 1.807) is 6.07 Å². The molecular formula is C16H21FN2. The van der Waals surface area contributed by atoms with E-state index in [2.05, 4.69) is 25.7 Å². The molecule has 2 rings (SSSR count). The molecule has 1 fully saturated rings. The fraction of sp³-hybridized carbons (Fsp3) is 0.562. The van der Waals surface area contributed by atoms with Crippen LogP contribution in [0, 0.1) is 28.5 Å². The maximum absolute atomic E-state index is 13.6. The standard InChI is InChI=1S/C16H21FN2/c1-16(2,3)13-6-8-19(9-7-13)14-5-4-12(11-18)15(17)10-14/h4-5,10,13H,6-9H2,1-3H3. The largest absolute Gasteiger partial charge is 0.371 e. The van der Waals surface area contributed by atoms with Crippen molar-refractivity contribution in [1.29, 1.82) is 5.26 Å². The Hall–Kier alpha value is -1.56. The zero-order valence-electron chi connectivity index (χ0n) is 11.9. The summed E-state index contributed by atoms with van der Waals surface area (Å²) in [6, 6.07) is 6.76. The van der Waals surface area contributed by atoms with Gasteiger partial charge in [-0.25, -0.2) is 4.39 Å². The lowest BCUT2D eigenvalue weighted by molar-refractivity contribution is 0.199. The van der Waals surface area contributed by atoms with Gasteiger partial charge in [0, 0.05) is 18.8 Å². The highest BCUT2D eigenvalue weighted by Gasteiger charge is 2.28. The van der Waals surface area contributed by atoms with Crippen molar-refractivity contribution in [3.63, 3.8) is 0 Å². The first kappa shape index (κ1) is 13.9. The van der Waals surface area contributed by atoms with Gasteiger partial charge in [0.1, 0.15) is 11.9 Å². The van der Waals surface area contributed by atoms with Gasteiger partial charge in [0.2, 0.25) is 0 Å². The molecule has 0 saturated carbocycles. The van der Waals surface area contributed by atoms with Gasteiger partial charge in [-0.2, -0.15) is 5.26 Å². The fourth-order valence-corrected chi connectivity index (χ4v) is 2.80. The molecule has 1 aliphatic rings. The van der Waals surface area contributed by atoms with E-state index >= 15 is 0 Å². The van der Waals surface area contributed by atoms with Gasteiger partial charge in [-0.3, -0.25) is 0 Å². The summed E-state index contributed by atoms with van der Waals surface area (Å²) < 4.78 is 13.6. The summed E-state index contributed by atoms with van der Waals surface area (Å²) in [5, 5.41) is 8.74. The number of nitriles is 1. The van der Waals surface area contributed by atoms with Crippen molar-refractivity contribution >= 4 is 5.69 Å². The molecule has 0 spiro atoms. The van der Waals surface area contributed by atoms with Crippen molar-refractivity contribution in [1.82, 2.24) is 0 Å². The minimum atomic E-state index is -0.419. The molecule has 1 aliphatic heterocycles. The lowest BCUT2D eigenvalue weighted by atomic mass is 9.75. The van der Waals surface area contributed by atoms with Gasteiger partial charge in [-0.05, 0) is 42.4 Å². The van der Waals surface area contributed by atoms with Crippen LogP contribution >= 0.6 is 0 Å². The number of anilines is 1. The van der Waals surface area contributed by atoms with Crippen LogP contribution in [0.2, 0.25) is 0 Å². The zero-order chi connectivity index (χ0) is 14.0. The average molecular weight is 260 g/mol.